The zero-order valence-corrected chi connectivity index (χ0v) is 12.7. The van der Waals surface area contributed by atoms with E-state index in [0.717, 1.165) is 11.1 Å². The van der Waals surface area contributed by atoms with E-state index in [2.05, 4.69) is 15.9 Å². The summed E-state index contributed by atoms with van der Waals surface area (Å²) in [7, 11) is 1.58. The smallest absolute Gasteiger partial charge is 0.123 e. The second-order valence-electron chi connectivity index (χ2n) is 4.19. The lowest BCUT2D eigenvalue weighted by atomic mass is 10.0. The van der Waals surface area contributed by atoms with Crippen LogP contribution in [0.1, 0.15) is 16.0 Å². The predicted molar refractivity (Wildman–Crippen MR) is 79.8 cm³/mol. The maximum atomic E-state index is 13.3. The predicted octanol–water partition coefficient (Wildman–Crippen LogP) is 5.17. The van der Waals surface area contributed by atoms with Gasteiger partial charge in [0.1, 0.15) is 11.6 Å². The van der Waals surface area contributed by atoms with Gasteiger partial charge in [0.25, 0.3) is 0 Å². The summed E-state index contributed by atoms with van der Waals surface area (Å²) in [6.07, 6.45) is 0.709. The molecule has 100 valence electrons. The Morgan fingerprint density at radius 1 is 1.26 bits per heavy atom. The monoisotopic (exact) mass is 342 g/mol. The highest BCUT2D eigenvalue weighted by molar-refractivity contribution is 9.09. The molecule has 0 bridgehead atoms. The van der Waals surface area contributed by atoms with E-state index in [-0.39, 0.29) is 10.6 Å². The number of hydrogen-bond acceptors (Lipinski definition) is 1. The number of methoxy groups -OCH3 is 1. The van der Waals surface area contributed by atoms with Crippen LogP contribution in [-0.2, 0) is 6.42 Å². The highest BCUT2D eigenvalue weighted by Crippen LogP contribution is 2.34. The first kappa shape index (κ1) is 14.4. The summed E-state index contributed by atoms with van der Waals surface area (Å²) in [6.45, 7) is 0. The molecule has 19 heavy (non-hydrogen) atoms. The van der Waals surface area contributed by atoms with Gasteiger partial charge in [0.15, 0.2) is 0 Å². The molecule has 0 saturated carbocycles. The lowest BCUT2D eigenvalue weighted by Gasteiger charge is -2.14. The third kappa shape index (κ3) is 3.71. The molecular formula is C15H13BrClFO. The number of ether oxygens (including phenoxy) is 1. The quantitative estimate of drug-likeness (QED) is 0.696. The molecule has 4 heteroatoms. The van der Waals surface area contributed by atoms with Gasteiger partial charge in [0, 0.05) is 15.4 Å². The van der Waals surface area contributed by atoms with Crippen molar-refractivity contribution in [2.75, 3.05) is 7.11 Å². The van der Waals surface area contributed by atoms with Crippen molar-refractivity contribution in [2.24, 2.45) is 0 Å². The van der Waals surface area contributed by atoms with Crippen molar-refractivity contribution in [3.63, 3.8) is 0 Å². The van der Waals surface area contributed by atoms with Crippen LogP contribution in [0.3, 0.4) is 0 Å². The number of halogens is 3. The van der Waals surface area contributed by atoms with Gasteiger partial charge in [0.2, 0.25) is 0 Å². The molecule has 0 radical (unpaired) electrons. The van der Waals surface area contributed by atoms with Crippen molar-refractivity contribution in [3.05, 3.63) is 64.4 Å². The molecule has 0 spiro atoms. The van der Waals surface area contributed by atoms with E-state index in [1.54, 1.807) is 13.2 Å². The second kappa shape index (κ2) is 6.40. The summed E-state index contributed by atoms with van der Waals surface area (Å²) in [6, 6.07) is 12.1. The molecule has 1 unspecified atom stereocenters. The first-order chi connectivity index (χ1) is 9.10. The van der Waals surface area contributed by atoms with Crippen LogP contribution >= 0.6 is 27.5 Å². The van der Waals surface area contributed by atoms with Crippen LogP contribution in [-0.4, -0.2) is 7.11 Å². The van der Waals surface area contributed by atoms with Crippen LogP contribution in [0.25, 0.3) is 0 Å². The minimum absolute atomic E-state index is 0.0309. The molecule has 0 N–H and O–H groups in total. The van der Waals surface area contributed by atoms with E-state index < -0.39 is 0 Å². The van der Waals surface area contributed by atoms with Crippen molar-refractivity contribution in [2.45, 2.75) is 11.2 Å². The third-order valence-corrected chi connectivity index (χ3v) is 3.89. The molecule has 0 aromatic heterocycles. The third-order valence-electron chi connectivity index (χ3n) is 2.83. The van der Waals surface area contributed by atoms with Gasteiger partial charge in [-0.1, -0.05) is 39.7 Å². The molecular weight excluding hydrogens is 331 g/mol. The first-order valence-corrected chi connectivity index (χ1v) is 7.11. The van der Waals surface area contributed by atoms with Gasteiger partial charge >= 0.3 is 0 Å². The van der Waals surface area contributed by atoms with Crippen molar-refractivity contribution < 1.29 is 9.13 Å². The minimum Gasteiger partial charge on any atom is -0.496 e. The van der Waals surface area contributed by atoms with Crippen LogP contribution in [0, 0.1) is 5.82 Å². The molecule has 0 aliphatic carbocycles. The highest BCUT2D eigenvalue weighted by Gasteiger charge is 2.15. The van der Waals surface area contributed by atoms with Gasteiger partial charge in [-0.15, -0.1) is 0 Å². The maximum Gasteiger partial charge on any atom is 0.123 e. The topological polar surface area (TPSA) is 9.23 Å². The average Bonchev–Trinajstić information content (AvgIpc) is 2.38. The average molecular weight is 344 g/mol. The maximum absolute atomic E-state index is 13.3. The fourth-order valence-corrected chi connectivity index (χ4v) is 2.88. The Balaban J connectivity index is 2.24. The molecule has 2 aromatic carbocycles. The van der Waals surface area contributed by atoms with Gasteiger partial charge < -0.3 is 4.74 Å². The summed E-state index contributed by atoms with van der Waals surface area (Å²) >= 11 is 9.54. The van der Waals surface area contributed by atoms with Crippen LogP contribution in [0.15, 0.2) is 42.5 Å². The lowest BCUT2D eigenvalue weighted by Crippen LogP contribution is -1.99. The van der Waals surface area contributed by atoms with Crippen molar-refractivity contribution in [3.8, 4) is 5.75 Å². The minimum atomic E-state index is -0.272. The number of benzene rings is 2. The Morgan fingerprint density at radius 2 is 2.05 bits per heavy atom. The van der Waals surface area contributed by atoms with Gasteiger partial charge in [0.05, 0.1) is 7.11 Å². The zero-order chi connectivity index (χ0) is 13.8. The molecule has 2 rings (SSSR count). The molecule has 0 fully saturated rings. The number of hydrogen-bond donors (Lipinski definition) is 0. The van der Waals surface area contributed by atoms with Crippen LogP contribution in [0.2, 0.25) is 5.02 Å². The summed E-state index contributed by atoms with van der Waals surface area (Å²) in [5, 5.41) is 0.698. The molecule has 0 saturated heterocycles. The standard InChI is InChI=1S/C15H13BrClFO/c1-19-15-6-5-12(18)9-13(15)14(16)8-10-3-2-4-11(17)7-10/h2-7,9,14H,8H2,1H3. The molecule has 1 nitrogen and oxygen atoms in total. The van der Waals surface area contributed by atoms with E-state index in [4.69, 9.17) is 16.3 Å². The molecule has 0 heterocycles. The van der Waals surface area contributed by atoms with Crippen LogP contribution in [0.5, 0.6) is 5.75 Å². The number of alkyl halides is 1. The Hall–Kier alpha value is -1.06. The molecule has 0 aliphatic heterocycles. The normalized spacial score (nSPS) is 12.2. The molecule has 2 aromatic rings. The Labute approximate surface area is 125 Å². The molecule has 0 amide bonds. The molecule has 1 atom stereocenters. The Bertz CT molecular complexity index is 574. The van der Waals surface area contributed by atoms with Crippen molar-refractivity contribution >= 4 is 27.5 Å². The van der Waals surface area contributed by atoms with E-state index in [0.29, 0.717) is 17.2 Å². The van der Waals surface area contributed by atoms with Gasteiger partial charge in [-0.05, 0) is 42.3 Å². The summed E-state index contributed by atoms with van der Waals surface area (Å²) in [5.74, 6) is 0.400. The van der Waals surface area contributed by atoms with Crippen LogP contribution < -0.4 is 4.74 Å². The van der Waals surface area contributed by atoms with Crippen molar-refractivity contribution in [1.29, 1.82) is 0 Å². The van der Waals surface area contributed by atoms with E-state index >= 15 is 0 Å². The fourth-order valence-electron chi connectivity index (χ4n) is 1.93. The zero-order valence-electron chi connectivity index (χ0n) is 10.4. The Kier molecular flexibility index (Phi) is 4.83. The summed E-state index contributed by atoms with van der Waals surface area (Å²) in [5.41, 5.74) is 1.88. The number of rotatable bonds is 4. The van der Waals surface area contributed by atoms with Gasteiger partial charge in [-0.3, -0.25) is 0 Å². The van der Waals surface area contributed by atoms with E-state index in [9.17, 15) is 4.39 Å². The molecule has 0 aliphatic rings. The SMILES string of the molecule is COc1ccc(F)cc1C(Br)Cc1cccc(Cl)c1. The van der Waals surface area contributed by atoms with Crippen molar-refractivity contribution in [1.82, 2.24) is 0 Å². The largest absolute Gasteiger partial charge is 0.496 e. The highest BCUT2D eigenvalue weighted by atomic mass is 79.9. The fraction of sp³-hybridized carbons (Fsp3) is 0.200. The summed E-state index contributed by atoms with van der Waals surface area (Å²) < 4.78 is 18.6. The summed E-state index contributed by atoms with van der Waals surface area (Å²) in [4.78, 5) is -0.0309. The van der Waals surface area contributed by atoms with E-state index in [1.165, 1.54) is 12.1 Å². The van der Waals surface area contributed by atoms with E-state index in [1.807, 2.05) is 24.3 Å². The lowest BCUT2D eigenvalue weighted by molar-refractivity contribution is 0.408. The second-order valence-corrected chi connectivity index (χ2v) is 5.73. The van der Waals surface area contributed by atoms with Crippen LogP contribution in [0.4, 0.5) is 4.39 Å². The Morgan fingerprint density at radius 3 is 2.74 bits per heavy atom. The van der Waals surface area contributed by atoms with Gasteiger partial charge in [-0.2, -0.15) is 0 Å². The first-order valence-electron chi connectivity index (χ1n) is 5.82. The van der Waals surface area contributed by atoms with Gasteiger partial charge in [-0.25, -0.2) is 4.39 Å².